The highest BCUT2D eigenvalue weighted by Crippen LogP contribution is 2.46. The Morgan fingerprint density at radius 2 is 1.75 bits per heavy atom. The number of methoxy groups -OCH3 is 1. The van der Waals surface area contributed by atoms with Crippen molar-refractivity contribution >= 4 is 29.4 Å². The van der Waals surface area contributed by atoms with E-state index in [0.29, 0.717) is 30.1 Å². The number of piperidine rings is 1. The number of aliphatic hydroxyl groups is 1. The second-order valence-electron chi connectivity index (χ2n) is 10.4. The number of nitrogens with zero attached hydrogens (tertiary/aromatic N) is 1. The van der Waals surface area contributed by atoms with E-state index in [1.165, 1.54) is 13.2 Å². The zero-order chi connectivity index (χ0) is 26.7. The van der Waals surface area contributed by atoms with Crippen LogP contribution in [0.1, 0.15) is 66.8 Å². The van der Waals surface area contributed by atoms with Crippen molar-refractivity contribution in [2.24, 2.45) is 11.3 Å². The van der Waals surface area contributed by atoms with Crippen LogP contribution in [-0.4, -0.2) is 54.0 Å². The van der Waals surface area contributed by atoms with Crippen LogP contribution >= 0.6 is 11.6 Å². The van der Waals surface area contributed by atoms with Gasteiger partial charge in [-0.15, -0.1) is 0 Å². The lowest BCUT2D eigenvalue weighted by Crippen LogP contribution is -2.57. The molecule has 36 heavy (non-hydrogen) atoms. The number of likely N-dealkylation sites (tertiary alicyclic amines) is 1. The molecule has 0 saturated carbocycles. The van der Waals surface area contributed by atoms with E-state index in [9.17, 15) is 19.5 Å². The first-order valence-electron chi connectivity index (χ1n) is 12.1. The van der Waals surface area contributed by atoms with Crippen LogP contribution in [0.2, 0.25) is 5.02 Å². The molecule has 0 radical (unpaired) electrons. The van der Waals surface area contributed by atoms with Gasteiger partial charge < -0.3 is 20.1 Å². The first kappa shape index (κ1) is 27.7. The van der Waals surface area contributed by atoms with E-state index in [0.717, 1.165) is 5.56 Å². The second-order valence-corrected chi connectivity index (χ2v) is 10.9. The molecule has 1 aliphatic heterocycles. The topological polar surface area (TPSA) is 95.9 Å². The molecule has 2 unspecified atom stereocenters. The molecule has 1 aliphatic rings. The summed E-state index contributed by atoms with van der Waals surface area (Å²) in [5, 5.41) is 15.1. The van der Waals surface area contributed by atoms with Crippen molar-refractivity contribution in [1.82, 2.24) is 10.2 Å². The fraction of sp³-hybridized carbons (Fsp3) is 0.464. The van der Waals surface area contributed by atoms with Gasteiger partial charge >= 0.3 is 5.97 Å². The van der Waals surface area contributed by atoms with Gasteiger partial charge in [0.2, 0.25) is 5.91 Å². The predicted octanol–water partition coefficient (Wildman–Crippen LogP) is 4.42. The summed E-state index contributed by atoms with van der Waals surface area (Å²) in [6.45, 7) is 8.59. The number of ether oxygens (including phenoxy) is 1. The smallest absolute Gasteiger partial charge is 0.337 e. The zero-order valence-electron chi connectivity index (χ0n) is 21.5. The largest absolute Gasteiger partial charge is 0.465 e. The Labute approximate surface area is 217 Å². The Morgan fingerprint density at radius 1 is 1.11 bits per heavy atom. The molecule has 7 nitrogen and oxygen atoms in total. The van der Waals surface area contributed by atoms with Gasteiger partial charge in [0.1, 0.15) is 0 Å². The lowest BCUT2D eigenvalue weighted by atomic mass is 9.66. The third-order valence-corrected chi connectivity index (χ3v) is 7.44. The number of nitrogens with one attached hydrogen (secondary N) is 1. The molecule has 1 fully saturated rings. The molecule has 1 saturated heterocycles. The monoisotopic (exact) mass is 514 g/mol. The van der Waals surface area contributed by atoms with Crippen molar-refractivity contribution in [1.29, 1.82) is 0 Å². The van der Waals surface area contributed by atoms with Gasteiger partial charge in [-0.05, 0) is 48.2 Å². The normalized spacial score (nSPS) is 20.1. The number of benzene rings is 2. The van der Waals surface area contributed by atoms with Crippen molar-refractivity contribution in [3.63, 3.8) is 0 Å². The third kappa shape index (κ3) is 5.90. The highest BCUT2D eigenvalue weighted by molar-refractivity contribution is 6.30. The summed E-state index contributed by atoms with van der Waals surface area (Å²) in [6, 6.07) is 13.1. The van der Waals surface area contributed by atoms with Gasteiger partial charge in [-0.2, -0.15) is 0 Å². The number of carbonyl (C=O) groups is 3. The number of rotatable bonds is 7. The summed E-state index contributed by atoms with van der Waals surface area (Å²) in [6.07, 6.45) is 0.530. The Hall–Kier alpha value is -2.90. The quantitative estimate of drug-likeness (QED) is 0.533. The van der Waals surface area contributed by atoms with Crippen LogP contribution in [0.3, 0.4) is 0 Å². The number of hydrogen-bond donors (Lipinski definition) is 2. The average Bonchev–Trinajstić information content (AvgIpc) is 2.84. The standard InChI is InChI=1S/C28H35ClN2O5/c1-18(2)23(30-25(33)19-7-6-8-20(15-19)26(34)36-5)16-24(32)31-14-13-28(35,27(3,4)17-31)21-9-11-22(29)12-10-21/h6-12,15,18,23,35H,13-14,16-17H2,1-5H3,(H,30,33). The average molecular weight is 515 g/mol. The maximum absolute atomic E-state index is 13.3. The molecule has 2 atom stereocenters. The fourth-order valence-electron chi connectivity index (χ4n) is 4.72. The first-order valence-corrected chi connectivity index (χ1v) is 12.5. The fourth-order valence-corrected chi connectivity index (χ4v) is 4.85. The van der Waals surface area contributed by atoms with E-state index >= 15 is 0 Å². The number of carbonyl (C=O) groups excluding carboxylic acids is 3. The van der Waals surface area contributed by atoms with E-state index in [2.05, 4.69) is 5.32 Å². The van der Waals surface area contributed by atoms with Gasteiger partial charge in [-0.1, -0.05) is 57.5 Å². The predicted molar refractivity (Wildman–Crippen MR) is 139 cm³/mol. The van der Waals surface area contributed by atoms with Crippen LogP contribution in [-0.2, 0) is 15.1 Å². The minimum atomic E-state index is -1.09. The number of halogens is 1. The van der Waals surface area contributed by atoms with E-state index < -0.39 is 23.0 Å². The Bertz CT molecular complexity index is 1120. The van der Waals surface area contributed by atoms with Crippen LogP contribution in [0, 0.1) is 11.3 Å². The lowest BCUT2D eigenvalue weighted by molar-refractivity contribution is -0.153. The molecule has 0 aromatic heterocycles. The summed E-state index contributed by atoms with van der Waals surface area (Å²) >= 11 is 6.02. The molecule has 8 heteroatoms. The Balaban J connectivity index is 1.69. The van der Waals surface area contributed by atoms with Crippen molar-refractivity contribution in [2.75, 3.05) is 20.2 Å². The van der Waals surface area contributed by atoms with Gasteiger partial charge in [0, 0.05) is 41.6 Å². The maximum Gasteiger partial charge on any atom is 0.337 e. The van der Waals surface area contributed by atoms with Gasteiger partial charge in [0.15, 0.2) is 0 Å². The number of amides is 2. The molecule has 0 spiro atoms. The van der Waals surface area contributed by atoms with E-state index in [1.807, 2.05) is 39.8 Å². The molecular weight excluding hydrogens is 480 g/mol. The summed E-state index contributed by atoms with van der Waals surface area (Å²) in [7, 11) is 1.29. The van der Waals surface area contributed by atoms with E-state index in [1.54, 1.807) is 35.2 Å². The maximum atomic E-state index is 13.3. The van der Waals surface area contributed by atoms with Crippen LogP contribution in [0.5, 0.6) is 0 Å². The molecule has 194 valence electrons. The molecule has 2 N–H and O–H groups in total. The van der Waals surface area contributed by atoms with Crippen molar-refractivity contribution in [2.45, 2.75) is 52.2 Å². The van der Waals surface area contributed by atoms with Gasteiger partial charge in [-0.25, -0.2) is 4.79 Å². The van der Waals surface area contributed by atoms with Crippen molar-refractivity contribution in [3.05, 3.63) is 70.2 Å². The minimum absolute atomic E-state index is 0.00508. The van der Waals surface area contributed by atoms with Crippen LogP contribution in [0.15, 0.2) is 48.5 Å². The van der Waals surface area contributed by atoms with Gasteiger partial charge in [-0.3, -0.25) is 9.59 Å². The lowest BCUT2D eigenvalue weighted by Gasteiger charge is -2.50. The highest BCUT2D eigenvalue weighted by atomic mass is 35.5. The Morgan fingerprint density at radius 3 is 2.33 bits per heavy atom. The molecule has 1 heterocycles. The Kier molecular flexibility index (Phi) is 8.47. The van der Waals surface area contributed by atoms with Crippen LogP contribution < -0.4 is 5.32 Å². The SMILES string of the molecule is COC(=O)c1cccc(C(=O)NC(CC(=O)N2CCC(O)(c3ccc(Cl)cc3)C(C)(C)C2)C(C)C)c1. The van der Waals surface area contributed by atoms with Crippen molar-refractivity contribution in [3.8, 4) is 0 Å². The summed E-state index contributed by atoms with van der Waals surface area (Å²) in [4.78, 5) is 39.8. The highest BCUT2D eigenvalue weighted by Gasteiger charge is 2.49. The molecule has 2 aromatic rings. The first-order chi connectivity index (χ1) is 16.9. The number of esters is 1. The van der Waals surface area contributed by atoms with Crippen LogP contribution in [0.4, 0.5) is 0 Å². The summed E-state index contributed by atoms with van der Waals surface area (Å²) in [5.74, 6) is -0.955. The van der Waals surface area contributed by atoms with Gasteiger partial charge in [0.05, 0.1) is 18.3 Å². The molecule has 2 aromatic carbocycles. The van der Waals surface area contributed by atoms with E-state index in [4.69, 9.17) is 16.3 Å². The molecule has 0 bridgehead atoms. The van der Waals surface area contributed by atoms with Crippen LogP contribution in [0.25, 0.3) is 0 Å². The van der Waals surface area contributed by atoms with E-state index in [-0.39, 0.29) is 29.7 Å². The summed E-state index contributed by atoms with van der Waals surface area (Å²) in [5.41, 5.74) is -0.302. The zero-order valence-corrected chi connectivity index (χ0v) is 22.3. The van der Waals surface area contributed by atoms with Crippen molar-refractivity contribution < 1.29 is 24.2 Å². The molecular formula is C28H35ClN2O5. The summed E-state index contributed by atoms with van der Waals surface area (Å²) < 4.78 is 4.73. The minimum Gasteiger partial charge on any atom is -0.465 e. The molecule has 2 amide bonds. The second kappa shape index (κ2) is 11.0. The van der Waals surface area contributed by atoms with Gasteiger partial charge in [0.25, 0.3) is 5.91 Å². The number of hydrogen-bond acceptors (Lipinski definition) is 5. The third-order valence-electron chi connectivity index (χ3n) is 7.19. The molecule has 0 aliphatic carbocycles. The molecule has 3 rings (SSSR count).